The molecule has 0 saturated heterocycles. The van der Waals surface area contributed by atoms with E-state index in [1.54, 1.807) is 6.33 Å². The molecule has 0 bridgehead atoms. The maximum Gasteiger partial charge on any atom is 0.143 e. The van der Waals surface area contributed by atoms with Crippen molar-refractivity contribution < 1.29 is 0 Å². The van der Waals surface area contributed by atoms with Crippen LogP contribution in [0, 0.1) is 0 Å². The summed E-state index contributed by atoms with van der Waals surface area (Å²) in [6.45, 7) is 0. The van der Waals surface area contributed by atoms with Gasteiger partial charge in [-0.3, -0.25) is 0 Å². The zero-order valence-corrected chi connectivity index (χ0v) is 14.6. The maximum atomic E-state index is 6.19. The van der Waals surface area contributed by atoms with Gasteiger partial charge >= 0.3 is 0 Å². The highest BCUT2D eigenvalue weighted by atomic mass is 35.5. The smallest absolute Gasteiger partial charge is 0.143 e. The fraction of sp³-hybridized carbons (Fsp3) is 0.368. The Morgan fingerprint density at radius 3 is 2.79 bits per heavy atom. The van der Waals surface area contributed by atoms with Gasteiger partial charge in [-0.15, -0.1) is 0 Å². The minimum Gasteiger partial charge on any atom is -0.356 e. The van der Waals surface area contributed by atoms with Crippen LogP contribution in [0.3, 0.4) is 0 Å². The molecule has 1 aromatic carbocycles. The standard InChI is InChI=1S/C19H21ClN4/c1-24(15-8-3-2-4-9-15)19-17-16(11-21-18(17)22-12-23-19)13-6-5-7-14(20)10-13/h5-7,10-12,15H,2-4,8-9H2,1H3,(H,21,22,23). The molecule has 0 amide bonds. The second kappa shape index (κ2) is 6.44. The van der Waals surface area contributed by atoms with Crippen molar-refractivity contribution in [3.63, 3.8) is 0 Å². The summed E-state index contributed by atoms with van der Waals surface area (Å²) < 4.78 is 0. The molecule has 0 atom stereocenters. The summed E-state index contributed by atoms with van der Waals surface area (Å²) >= 11 is 6.19. The van der Waals surface area contributed by atoms with E-state index in [-0.39, 0.29) is 0 Å². The Hall–Kier alpha value is -2.07. The van der Waals surface area contributed by atoms with Gasteiger partial charge in [-0.05, 0) is 30.5 Å². The molecule has 4 nitrogen and oxygen atoms in total. The molecule has 0 unspecified atom stereocenters. The maximum absolute atomic E-state index is 6.19. The van der Waals surface area contributed by atoms with Crippen molar-refractivity contribution in [3.8, 4) is 11.1 Å². The lowest BCUT2D eigenvalue weighted by Gasteiger charge is -2.32. The first-order valence-electron chi connectivity index (χ1n) is 8.55. The zero-order chi connectivity index (χ0) is 16.5. The highest BCUT2D eigenvalue weighted by Gasteiger charge is 2.23. The van der Waals surface area contributed by atoms with Crippen LogP contribution in [0.2, 0.25) is 5.02 Å². The van der Waals surface area contributed by atoms with Gasteiger partial charge in [0.1, 0.15) is 17.8 Å². The number of hydrogen-bond acceptors (Lipinski definition) is 3. The van der Waals surface area contributed by atoms with Crippen LogP contribution in [-0.2, 0) is 0 Å². The van der Waals surface area contributed by atoms with Crippen molar-refractivity contribution in [1.82, 2.24) is 15.0 Å². The molecule has 4 rings (SSSR count). The average molecular weight is 341 g/mol. The second-order valence-electron chi connectivity index (χ2n) is 6.54. The molecule has 3 aromatic rings. The Kier molecular flexibility index (Phi) is 4.15. The first kappa shape index (κ1) is 15.5. The molecule has 1 fully saturated rings. The van der Waals surface area contributed by atoms with Crippen LogP contribution >= 0.6 is 11.6 Å². The van der Waals surface area contributed by atoms with Crippen LogP contribution < -0.4 is 4.90 Å². The van der Waals surface area contributed by atoms with Gasteiger partial charge in [0.15, 0.2) is 0 Å². The number of nitrogens with zero attached hydrogens (tertiary/aromatic N) is 3. The summed E-state index contributed by atoms with van der Waals surface area (Å²) in [6.07, 6.45) is 10.1. The van der Waals surface area contributed by atoms with E-state index in [0.29, 0.717) is 6.04 Å². The van der Waals surface area contributed by atoms with Crippen molar-refractivity contribution in [3.05, 3.63) is 41.8 Å². The van der Waals surface area contributed by atoms with Crippen LogP contribution in [-0.4, -0.2) is 28.0 Å². The summed E-state index contributed by atoms with van der Waals surface area (Å²) in [5, 5.41) is 1.81. The highest BCUT2D eigenvalue weighted by Crippen LogP contribution is 2.36. The lowest BCUT2D eigenvalue weighted by atomic mass is 9.94. The number of nitrogens with one attached hydrogen (secondary N) is 1. The van der Waals surface area contributed by atoms with E-state index >= 15 is 0 Å². The number of aromatic nitrogens is 3. The van der Waals surface area contributed by atoms with Gasteiger partial charge in [0, 0.05) is 29.9 Å². The van der Waals surface area contributed by atoms with E-state index in [1.165, 1.54) is 32.1 Å². The summed E-state index contributed by atoms with van der Waals surface area (Å²) in [5.74, 6) is 1.00. The number of fused-ring (bicyclic) bond motifs is 1. The number of aromatic amines is 1. The fourth-order valence-corrected chi connectivity index (χ4v) is 3.93. The predicted octanol–water partition coefficient (Wildman–Crippen LogP) is 5.05. The van der Waals surface area contributed by atoms with Gasteiger partial charge in [-0.2, -0.15) is 0 Å². The Morgan fingerprint density at radius 2 is 2.00 bits per heavy atom. The molecule has 0 radical (unpaired) electrons. The lowest BCUT2D eigenvalue weighted by molar-refractivity contribution is 0.426. The molecule has 2 aromatic heterocycles. The monoisotopic (exact) mass is 340 g/mol. The van der Waals surface area contributed by atoms with Crippen molar-refractivity contribution in [2.24, 2.45) is 0 Å². The topological polar surface area (TPSA) is 44.8 Å². The Labute approximate surface area is 146 Å². The largest absolute Gasteiger partial charge is 0.356 e. The molecule has 124 valence electrons. The first-order chi connectivity index (χ1) is 11.7. The normalized spacial score (nSPS) is 15.8. The number of H-pyrrole nitrogens is 1. The molecular formula is C19H21ClN4. The molecule has 5 heteroatoms. The van der Waals surface area contributed by atoms with Crippen molar-refractivity contribution in [1.29, 1.82) is 0 Å². The minimum atomic E-state index is 0.555. The molecule has 0 aliphatic heterocycles. The summed E-state index contributed by atoms with van der Waals surface area (Å²) in [5.41, 5.74) is 3.06. The third-order valence-electron chi connectivity index (χ3n) is 5.04. The zero-order valence-electron chi connectivity index (χ0n) is 13.8. The van der Waals surface area contributed by atoms with E-state index in [4.69, 9.17) is 11.6 Å². The van der Waals surface area contributed by atoms with Gasteiger partial charge in [-0.25, -0.2) is 9.97 Å². The summed E-state index contributed by atoms with van der Waals surface area (Å²) in [7, 11) is 2.16. The van der Waals surface area contributed by atoms with Crippen LogP contribution in [0.25, 0.3) is 22.2 Å². The van der Waals surface area contributed by atoms with Gasteiger partial charge in [0.25, 0.3) is 0 Å². The first-order valence-corrected chi connectivity index (χ1v) is 8.92. The van der Waals surface area contributed by atoms with E-state index in [2.05, 4.69) is 33.0 Å². The van der Waals surface area contributed by atoms with Crippen LogP contribution in [0.5, 0.6) is 0 Å². The highest BCUT2D eigenvalue weighted by molar-refractivity contribution is 6.31. The third-order valence-corrected chi connectivity index (χ3v) is 5.28. The quantitative estimate of drug-likeness (QED) is 0.725. The van der Waals surface area contributed by atoms with Gasteiger partial charge in [-0.1, -0.05) is 43.0 Å². The summed E-state index contributed by atoms with van der Waals surface area (Å²) in [6, 6.07) is 8.49. The summed E-state index contributed by atoms with van der Waals surface area (Å²) in [4.78, 5) is 14.7. The van der Waals surface area contributed by atoms with Gasteiger partial charge in [0.2, 0.25) is 0 Å². The number of rotatable bonds is 3. The van der Waals surface area contributed by atoms with E-state index in [9.17, 15) is 0 Å². The van der Waals surface area contributed by atoms with Crippen molar-refractivity contribution >= 4 is 28.5 Å². The molecule has 1 aliphatic rings. The Morgan fingerprint density at radius 1 is 1.17 bits per heavy atom. The van der Waals surface area contributed by atoms with Crippen LogP contribution in [0.15, 0.2) is 36.8 Å². The molecule has 2 heterocycles. The molecule has 1 N–H and O–H groups in total. The number of benzene rings is 1. The SMILES string of the molecule is CN(c1ncnc2[nH]cc(-c3cccc(Cl)c3)c12)C1CCCCC1. The molecular weight excluding hydrogens is 320 g/mol. The molecule has 1 saturated carbocycles. The second-order valence-corrected chi connectivity index (χ2v) is 6.97. The average Bonchev–Trinajstić information content (AvgIpc) is 3.06. The predicted molar refractivity (Wildman–Crippen MR) is 99.6 cm³/mol. The van der Waals surface area contributed by atoms with Gasteiger partial charge < -0.3 is 9.88 Å². The molecule has 24 heavy (non-hydrogen) atoms. The minimum absolute atomic E-state index is 0.555. The molecule has 1 aliphatic carbocycles. The third kappa shape index (κ3) is 2.75. The Balaban J connectivity index is 1.82. The van der Waals surface area contributed by atoms with E-state index in [1.807, 2.05) is 24.4 Å². The van der Waals surface area contributed by atoms with E-state index in [0.717, 1.165) is 33.0 Å². The molecule has 0 spiro atoms. The van der Waals surface area contributed by atoms with Crippen molar-refractivity contribution in [2.45, 2.75) is 38.1 Å². The number of hydrogen-bond donors (Lipinski definition) is 1. The van der Waals surface area contributed by atoms with Crippen LogP contribution in [0.1, 0.15) is 32.1 Å². The van der Waals surface area contributed by atoms with Crippen molar-refractivity contribution in [2.75, 3.05) is 11.9 Å². The van der Waals surface area contributed by atoms with E-state index < -0.39 is 0 Å². The fourth-order valence-electron chi connectivity index (χ4n) is 3.74. The lowest BCUT2D eigenvalue weighted by Crippen LogP contribution is -2.34. The number of anilines is 1. The van der Waals surface area contributed by atoms with Gasteiger partial charge in [0.05, 0.1) is 5.39 Å². The number of halogens is 1. The van der Waals surface area contributed by atoms with Crippen LogP contribution in [0.4, 0.5) is 5.82 Å². The Bertz CT molecular complexity index is 851.